The highest BCUT2D eigenvalue weighted by Gasteiger charge is 2.30. The number of carbonyl (C=O) groups is 1. The van der Waals surface area contributed by atoms with Gasteiger partial charge < -0.3 is 11.1 Å². The van der Waals surface area contributed by atoms with Crippen molar-refractivity contribution in [2.75, 3.05) is 26.2 Å². The van der Waals surface area contributed by atoms with Crippen LogP contribution in [0, 0.1) is 11.7 Å². The Hall–Kier alpha value is -1.60. The summed E-state index contributed by atoms with van der Waals surface area (Å²) in [6.07, 6.45) is 1.47. The van der Waals surface area contributed by atoms with E-state index in [0.29, 0.717) is 19.5 Å². The molecule has 2 rings (SSSR count). The third-order valence-corrected chi connectivity index (χ3v) is 3.99. The molecular formula is C16H22F3N3O. The monoisotopic (exact) mass is 329 g/mol. The van der Waals surface area contributed by atoms with E-state index in [-0.39, 0.29) is 17.6 Å². The minimum absolute atomic E-state index is 0.294. The molecule has 1 fully saturated rings. The summed E-state index contributed by atoms with van der Waals surface area (Å²) in [5.74, 6) is -4.07. The molecule has 3 N–H and O–H groups in total. The minimum atomic E-state index is -3.08. The summed E-state index contributed by atoms with van der Waals surface area (Å²) in [5, 5.41) is 2.28. The maximum absolute atomic E-state index is 13.2. The molecule has 1 aliphatic heterocycles. The quantitative estimate of drug-likeness (QED) is 0.836. The molecular weight excluding hydrogens is 307 g/mol. The highest BCUT2D eigenvalue weighted by atomic mass is 19.3. The number of piperidine rings is 1. The van der Waals surface area contributed by atoms with Gasteiger partial charge in [-0.25, -0.2) is 13.2 Å². The van der Waals surface area contributed by atoms with Crippen LogP contribution in [-0.4, -0.2) is 42.9 Å². The number of likely N-dealkylation sites (tertiary alicyclic amines) is 1. The number of rotatable bonds is 6. The maximum Gasteiger partial charge on any atom is 0.277 e. The van der Waals surface area contributed by atoms with Gasteiger partial charge in [0.15, 0.2) is 0 Å². The van der Waals surface area contributed by atoms with Crippen molar-refractivity contribution in [1.82, 2.24) is 10.2 Å². The minimum Gasteiger partial charge on any atom is -0.350 e. The Morgan fingerprint density at radius 3 is 2.91 bits per heavy atom. The first-order chi connectivity index (χ1) is 10.9. The zero-order valence-electron chi connectivity index (χ0n) is 12.9. The van der Waals surface area contributed by atoms with E-state index in [2.05, 4.69) is 5.32 Å². The summed E-state index contributed by atoms with van der Waals surface area (Å²) >= 11 is 0. The lowest BCUT2D eigenvalue weighted by Gasteiger charge is -2.32. The van der Waals surface area contributed by atoms with Crippen LogP contribution in [0.1, 0.15) is 18.4 Å². The van der Waals surface area contributed by atoms with Crippen molar-refractivity contribution in [3.05, 3.63) is 35.6 Å². The molecule has 0 spiro atoms. The van der Waals surface area contributed by atoms with Gasteiger partial charge in [0, 0.05) is 13.1 Å². The third-order valence-electron chi connectivity index (χ3n) is 3.99. The lowest BCUT2D eigenvalue weighted by molar-refractivity contribution is -0.128. The molecule has 4 nitrogen and oxygen atoms in total. The molecule has 1 heterocycles. The molecule has 1 unspecified atom stereocenters. The van der Waals surface area contributed by atoms with E-state index in [1.54, 1.807) is 6.07 Å². The van der Waals surface area contributed by atoms with E-state index in [1.165, 1.54) is 12.1 Å². The zero-order chi connectivity index (χ0) is 16.9. The van der Waals surface area contributed by atoms with Crippen molar-refractivity contribution in [3.8, 4) is 0 Å². The highest BCUT2D eigenvalue weighted by Crippen LogP contribution is 2.19. The van der Waals surface area contributed by atoms with E-state index in [4.69, 9.17) is 5.73 Å². The van der Waals surface area contributed by atoms with Gasteiger partial charge in [-0.3, -0.25) is 9.69 Å². The molecule has 23 heavy (non-hydrogen) atoms. The normalized spacial score (nSPS) is 19.6. The number of hydrogen-bond donors (Lipinski definition) is 2. The highest BCUT2D eigenvalue weighted by molar-refractivity contribution is 5.79. The van der Waals surface area contributed by atoms with Crippen LogP contribution in [0.5, 0.6) is 0 Å². The predicted octanol–water partition coefficient (Wildman–Crippen LogP) is 1.75. The van der Waals surface area contributed by atoms with Gasteiger partial charge in [0.05, 0.1) is 19.0 Å². The molecule has 128 valence electrons. The van der Waals surface area contributed by atoms with E-state index >= 15 is 0 Å². The van der Waals surface area contributed by atoms with Gasteiger partial charge in [0.25, 0.3) is 5.92 Å². The largest absolute Gasteiger partial charge is 0.350 e. The Morgan fingerprint density at radius 1 is 1.43 bits per heavy atom. The number of nitrogens with two attached hydrogens (primary N) is 1. The van der Waals surface area contributed by atoms with Crippen LogP contribution in [0.2, 0.25) is 0 Å². The Balaban J connectivity index is 1.86. The van der Waals surface area contributed by atoms with Crippen molar-refractivity contribution in [3.63, 3.8) is 0 Å². The second-order valence-electron chi connectivity index (χ2n) is 5.98. The van der Waals surface area contributed by atoms with Crippen molar-refractivity contribution < 1.29 is 18.0 Å². The molecule has 1 aromatic rings. The first-order valence-electron chi connectivity index (χ1n) is 7.72. The Morgan fingerprint density at radius 2 is 2.22 bits per heavy atom. The van der Waals surface area contributed by atoms with Gasteiger partial charge in [-0.2, -0.15) is 0 Å². The molecule has 0 aromatic heterocycles. The molecule has 1 atom stereocenters. The number of nitrogens with zero attached hydrogens (tertiary/aromatic N) is 1. The summed E-state index contributed by atoms with van der Waals surface area (Å²) in [6, 6.07) is 6.32. The number of hydrogen-bond acceptors (Lipinski definition) is 3. The number of amides is 1. The fraction of sp³-hybridized carbons (Fsp3) is 0.562. The van der Waals surface area contributed by atoms with E-state index < -0.39 is 19.0 Å². The average Bonchev–Trinajstić information content (AvgIpc) is 2.53. The van der Waals surface area contributed by atoms with Gasteiger partial charge in [0.2, 0.25) is 5.91 Å². The lowest BCUT2D eigenvalue weighted by Crippen LogP contribution is -2.47. The fourth-order valence-corrected chi connectivity index (χ4v) is 2.74. The van der Waals surface area contributed by atoms with Crippen LogP contribution >= 0.6 is 0 Å². The Kier molecular flexibility index (Phi) is 6.01. The maximum atomic E-state index is 13.2. The van der Waals surface area contributed by atoms with Gasteiger partial charge >= 0.3 is 0 Å². The molecule has 1 aliphatic rings. The lowest BCUT2D eigenvalue weighted by atomic mass is 9.96. The molecule has 0 saturated carbocycles. The molecule has 7 heteroatoms. The molecule has 0 aliphatic carbocycles. The van der Waals surface area contributed by atoms with Crippen LogP contribution in [0.4, 0.5) is 13.2 Å². The SMILES string of the molecule is NCC(F)(F)CNC(=O)C1CCCN(Cc2cccc(F)c2)C1. The number of carbonyl (C=O) groups excluding carboxylic acids is 1. The van der Waals surface area contributed by atoms with E-state index in [9.17, 15) is 18.0 Å². The molecule has 1 saturated heterocycles. The van der Waals surface area contributed by atoms with E-state index in [0.717, 1.165) is 18.5 Å². The summed E-state index contributed by atoms with van der Waals surface area (Å²) in [5.41, 5.74) is 5.78. The zero-order valence-corrected chi connectivity index (χ0v) is 12.9. The second kappa shape index (κ2) is 7.79. The van der Waals surface area contributed by atoms with Crippen LogP contribution in [0.15, 0.2) is 24.3 Å². The summed E-state index contributed by atoms with van der Waals surface area (Å²) in [4.78, 5) is 14.1. The summed E-state index contributed by atoms with van der Waals surface area (Å²) < 4.78 is 39.4. The van der Waals surface area contributed by atoms with Crippen molar-refractivity contribution in [1.29, 1.82) is 0 Å². The molecule has 1 aromatic carbocycles. The summed E-state index contributed by atoms with van der Waals surface area (Å²) in [6.45, 7) is 0.308. The van der Waals surface area contributed by atoms with Gasteiger partial charge in [-0.1, -0.05) is 12.1 Å². The second-order valence-corrected chi connectivity index (χ2v) is 5.98. The van der Waals surface area contributed by atoms with E-state index in [1.807, 2.05) is 11.0 Å². The predicted molar refractivity (Wildman–Crippen MR) is 81.4 cm³/mol. The van der Waals surface area contributed by atoms with Gasteiger partial charge in [-0.05, 0) is 37.1 Å². The van der Waals surface area contributed by atoms with Crippen molar-refractivity contribution in [2.24, 2.45) is 11.7 Å². The molecule has 1 amide bonds. The smallest absolute Gasteiger partial charge is 0.277 e. The van der Waals surface area contributed by atoms with Crippen molar-refractivity contribution >= 4 is 5.91 Å². The standard InChI is InChI=1S/C16H22F3N3O/c17-14-5-1-3-12(7-14)8-22-6-2-4-13(9-22)15(23)21-11-16(18,19)10-20/h1,3,5,7,13H,2,4,6,8-11,20H2,(H,21,23). The molecule has 0 bridgehead atoms. The number of alkyl halides is 2. The van der Waals surface area contributed by atoms with Gasteiger partial charge in [-0.15, -0.1) is 0 Å². The average molecular weight is 329 g/mol. The number of halogens is 3. The van der Waals surface area contributed by atoms with Crippen LogP contribution < -0.4 is 11.1 Å². The van der Waals surface area contributed by atoms with Gasteiger partial charge in [0.1, 0.15) is 5.82 Å². The first kappa shape index (κ1) is 17.7. The topological polar surface area (TPSA) is 58.4 Å². The van der Waals surface area contributed by atoms with Crippen LogP contribution in [0.3, 0.4) is 0 Å². The Bertz CT molecular complexity index is 539. The number of nitrogens with one attached hydrogen (secondary N) is 1. The Labute approximate surface area is 133 Å². The molecule has 0 radical (unpaired) electrons. The van der Waals surface area contributed by atoms with Crippen molar-refractivity contribution in [2.45, 2.75) is 25.3 Å². The first-order valence-corrected chi connectivity index (χ1v) is 7.72. The third kappa shape index (κ3) is 5.51. The van der Waals surface area contributed by atoms with Crippen LogP contribution in [0.25, 0.3) is 0 Å². The number of benzene rings is 1. The fourth-order valence-electron chi connectivity index (χ4n) is 2.74. The van der Waals surface area contributed by atoms with Crippen LogP contribution in [-0.2, 0) is 11.3 Å². The summed E-state index contributed by atoms with van der Waals surface area (Å²) in [7, 11) is 0.